The fourth-order valence-corrected chi connectivity index (χ4v) is 2.53. The number of hydrogen-bond acceptors (Lipinski definition) is 6. The highest BCUT2D eigenvalue weighted by Crippen LogP contribution is 2.20. The van der Waals surface area contributed by atoms with E-state index in [1.54, 1.807) is 39.8 Å². The second-order valence-electron chi connectivity index (χ2n) is 6.75. The molecule has 4 amide bonds. The molecule has 1 heterocycles. The predicted octanol–water partition coefficient (Wildman–Crippen LogP) is 1.46. The third kappa shape index (κ3) is 4.46. The van der Waals surface area contributed by atoms with Gasteiger partial charge in [0, 0.05) is 30.2 Å². The van der Waals surface area contributed by atoms with Crippen LogP contribution in [0.25, 0.3) is 0 Å². The Morgan fingerprint density at radius 1 is 1.37 bits per heavy atom. The van der Waals surface area contributed by atoms with Gasteiger partial charge in [-0.15, -0.1) is 0 Å². The lowest BCUT2D eigenvalue weighted by Crippen LogP contribution is -2.40. The summed E-state index contributed by atoms with van der Waals surface area (Å²) in [4.78, 5) is 47.3. The number of hydrazone groups is 1. The quantitative estimate of drug-likeness (QED) is 0.336. The number of nitrogens with zero attached hydrogens (tertiary/aromatic N) is 3. The summed E-state index contributed by atoms with van der Waals surface area (Å²) >= 11 is 0. The minimum Gasteiger partial charge on any atom is -0.324 e. The van der Waals surface area contributed by atoms with Crippen molar-refractivity contribution in [1.29, 1.82) is 0 Å². The van der Waals surface area contributed by atoms with Gasteiger partial charge in [0.1, 0.15) is 5.54 Å². The number of carbonyl (C=O) groups is 3. The number of imide groups is 1. The van der Waals surface area contributed by atoms with Crippen molar-refractivity contribution in [1.82, 2.24) is 15.6 Å². The smallest absolute Gasteiger partial charge is 0.324 e. The molecule has 0 bridgehead atoms. The van der Waals surface area contributed by atoms with E-state index in [9.17, 15) is 24.5 Å². The highest BCUT2D eigenvalue weighted by atomic mass is 16.6. The maximum atomic E-state index is 12.0. The Bertz CT molecular complexity index is 846. The van der Waals surface area contributed by atoms with Crippen LogP contribution >= 0.6 is 0 Å². The molecule has 2 rings (SSSR count). The molecule has 0 atom stereocenters. The van der Waals surface area contributed by atoms with Gasteiger partial charge in [0.25, 0.3) is 11.6 Å². The monoisotopic (exact) mass is 375 g/mol. The van der Waals surface area contributed by atoms with E-state index in [0.717, 1.165) is 4.90 Å². The lowest BCUT2D eigenvalue weighted by molar-refractivity contribution is -0.385. The molecule has 1 aromatic carbocycles. The van der Waals surface area contributed by atoms with Crippen LogP contribution in [-0.2, 0) is 9.59 Å². The summed E-state index contributed by atoms with van der Waals surface area (Å²) in [7, 11) is 0. The number of carbonyl (C=O) groups excluding carboxylic acids is 3. The number of benzene rings is 1. The fraction of sp³-hybridized carbons (Fsp3) is 0.412. The normalized spacial score (nSPS) is 16.3. The van der Waals surface area contributed by atoms with Crippen LogP contribution in [0, 0.1) is 17.0 Å². The van der Waals surface area contributed by atoms with Gasteiger partial charge in [-0.2, -0.15) is 5.10 Å². The lowest BCUT2D eigenvalue weighted by atomic mass is 10.1. The molecule has 0 saturated carbocycles. The highest BCUT2D eigenvalue weighted by molar-refractivity contribution is 6.06. The van der Waals surface area contributed by atoms with Crippen molar-refractivity contribution in [2.24, 2.45) is 5.10 Å². The first kappa shape index (κ1) is 20.0. The number of nitrogens with one attached hydrogen (secondary N) is 2. The van der Waals surface area contributed by atoms with Crippen LogP contribution in [0.5, 0.6) is 0 Å². The largest absolute Gasteiger partial charge is 0.325 e. The Hall–Kier alpha value is -3.30. The molecule has 10 nitrogen and oxygen atoms in total. The van der Waals surface area contributed by atoms with Gasteiger partial charge in [-0.1, -0.05) is 12.1 Å². The van der Waals surface area contributed by atoms with Gasteiger partial charge in [0.15, 0.2) is 0 Å². The number of hydrogen-bond donors (Lipinski definition) is 2. The number of rotatable bonds is 6. The van der Waals surface area contributed by atoms with Crippen LogP contribution < -0.4 is 10.7 Å². The summed E-state index contributed by atoms with van der Waals surface area (Å²) in [6.07, 6.45) is -0.111. The lowest BCUT2D eigenvalue weighted by Gasteiger charge is -2.15. The molecule has 0 unspecified atom stereocenters. The van der Waals surface area contributed by atoms with Gasteiger partial charge in [-0.05, 0) is 27.7 Å². The summed E-state index contributed by atoms with van der Waals surface area (Å²) in [5, 5.41) is 17.5. The molecule has 2 N–H and O–H groups in total. The molecule has 0 aromatic heterocycles. The Kier molecular flexibility index (Phi) is 5.58. The van der Waals surface area contributed by atoms with Gasteiger partial charge >= 0.3 is 6.03 Å². The second kappa shape index (κ2) is 7.52. The molecule has 0 aliphatic carbocycles. The fourth-order valence-electron chi connectivity index (χ4n) is 2.53. The molecule has 0 spiro atoms. The van der Waals surface area contributed by atoms with Crippen LogP contribution in [0.1, 0.15) is 38.3 Å². The Morgan fingerprint density at radius 3 is 2.59 bits per heavy atom. The molecular formula is C17H21N5O5. The maximum Gasteiger partial charge on any atom is 0.325 e. The third-order valence-electron chi connectivity index (χ3n) is 4.18. The number of aryl methyl sites for hydroxylation is 1. The summed E-state index contributed by atoms with van der Waals surface area (Å²) < 4.78 is 0. The van der Waals surface area contributed by atoms with E-state index in [1.165, 1.54) is 6.07 Å². The molecular weight excluding hydrogens is 354 g/mol. The first-order valence-corrected chi connectivity index (χ1v) is 8.25. The topological polar surface area (TPSA) is 134 Å². The molecule has 27 heavy (non-hydrogen) atoms. The number of amides is 4. The average molecular weight is 375 g/mol. The van der Waals surface area contributed by atoms with E-state index in [-0.39, 0.29) is 18.7 Å². The van der Waals surface area contributed by atoms with Gasteiger partial charge in [0.2, 0.25) is 5.91 Å². The van der Waals surface area contributed by atoms with Crippen molar-refractivity contribution >= 4 is 29.2 Å². The van der Waals surface area contributed by atoms with Crippen molar-refractivity contribution in [3.8, 4) is 0 Å². The van der Waals surface area contributed by atoms with Crippen LogP contribution in [0.3, 0.4) is 0 Å². The van der Waals surface area contributed by atoms with Gasteiger partial charge < -0.3 is 5.32 Å². The van der Waals surface area contributed by atoms with E-state index in [4.69, 9.17) is 0 Å². The van der Waals surface area contributed by atoms with Crippen molar-refractivity contribution in [2.75, 3.05) is 6.54 Å². The number of nitro groups is 1. The first-order valence-electron chi connectivity index (χ1n) is 8.25. The van der Waals surface area contributed by atoms with Gasteiger partial charge in [0.05, 0.1) is 10.6 Å². The third-order valence-corrected chi connectivity index (χ3v) is 4.18. The van der Waals surface area contributed by atoms with Crippen molar-refractivity contribution < 1.29 is 19.3 Å². The summed E-state index contributed by atoms with van der Waals surface area (Å²) in [6.45, 7) is 6.34. The first-order chi connectivity index (χ1) is 12.5. The molecule has 1 aromatic rings. The van der Waals surface area contributed by atoms with Crippen molar-refractivity contribution in [3.05, 3.63) is 39.4 Å². The Morgan fingerprint density at radius 2 is 2.04 bits per heavy atom. The van der Waals surface area contributed by atoms with Crippen LogP contribution in [0.2, 0.25) is 0 Å². The molecule has 1 fully saturated rings. The zero-order valence-electron chi connectivity index (χ0n) is 15.5. The molecule has 10 heteroatoms. The predicted molar refractivity (Wildman–Crippen MR) is 97.1 cm³/mol. The van der Waals surface area contributed by atoms with Crippen LogP contribution in [0.15, 0.2) is 23.3 Å². The second-order valence-corrected chi connectivity index (χ2v) is 6.75. The van der Waals surface area contributed by atoms with E-state index in [2.05, 4.69) is 15.8 Å². The standard InChI is InChI=1S/C17H21N5O5/c1-10-5-6-12(9-13(10)22(26)27)11(2)19-20-14(23)7-8-21-15(24)17(3,4)18-16(21)25/h5-6,9H,7-8H2,1-4H3,(H,18,25)(H,20,23)/b19-11-. The van der Waals surface area contributed by atoms with Crippen LogP contribution in [-0.4, -0.2) is 45.5 Å². The van der Waals surface area contributed by atoms with Crippen molar-refractivity contribution in [3.63, 3.8) is 0 Å². The Balaban J connectivity index is 1.97. The molecule has 1 saturated heterocycles. The van der Waals surface area contributed by atoms with E-state index < -0.39 is 28.3 Å². The Labute approximate surface area is 155 Å². The summed E-state index contributed by atoms with van der Waals surface area (Å²) in [5.41, 5.74) is 2.73. The van der Waals surface area contributed by atoms with E-state index in [1.807, 2.05) is 0 Å². The molecule has 0 radical (unpaired) electrons. The van der Waals surface area contributed by atoms with Gasteiger partial charge in [-0.3, -0.25) is 24.6 Å². The molecule has 1 aliphatic rings. The average Bonchev–Trinajstić information content (AvgIpc) is 2.78. The summed E-state index contributed by atoms with van der Waals surface area (Å²) in [5.74, 6) is -0.881. The number of nitro benzene ring substituents is 1. The van der Waals surface area contributed by atoms with E-state index in [0.29, 0.717) is 16.8 Å². The molecule has 144 valence electrons. The number of urea groups is 1. The minimum absolute atomic E-state index is 0.0328. The summed E-state index contributed by atoms with van der Waals surface area (Å²) in [6, 6.07) is 4.12. The van der Waals surface area contributed by atoms with Crippen LogP contribution in [0.4, 0.5) is 10.5 Å². The zero-order valence-corrected chi connectivity index (χ0v) is 15.5. The van der Waals surface area contributed by atoms with E-state index >= 15 is 0 Å². The maximum absolute atomic E-state index is 12.0. The highest BCUT2D eigenvalue weighted by Gasteiger charge is 2.43. The van der Waals surface area contributed by atoms with Gasteiger partial charge in [-0.25, -0.2) is 10.2 Å². The zero-order chi connectivity index (χ0) is 20.4. The minimum atomic E-state index is -0.984. The molecule has 1 aliphatic heterocycles. The van der Waals surface area contributed by atoms with Crippen molar-refractivity contribution in [2.45, 2.75) is 39.7 Å². The SMILES string of the molecule is C/C(=N/NC(=O)CCN1C(=O)NC(C)(C)C1=O)c1ccc(C)c([N+](=O)[O-])c1.